The van der Waals surface area contributed by atoms with Crippen molar-refractivity contribution in [2.75, 3.05) is 0 Å². The van der Waals surface area contributed by atoms with Gasteiger partial charge in [0.2, 0.25) is 6.04 Å². The van der Waals surface area contributed by atoms with E-state index >= 15 is 0 Å². The molecule has 0 aliphatic rings. The molecule has 0 aliphatic heterocycles. The number of allylic oxidation sites excluding steroid dienone is 3. The van der Waals surface area contributed by atoms with Gasteiger partial charge in [-0.1, -0.05) is 25.2 Å². The number of aliphatic carboxylic acids is 1. The van der Waals surface area contributed by atoms with Crippen LogP contribution in [0.3, 0.4) is 0 Å². The maximum Gasteiger partial charge on any atom is 0.303 e. The first-order valence-corrected chi connectivity index (χ1v) is 4.76. The van der Waals surface area contributed by atoms with Crippen LogP contribution in [0.25, 0.3) is 0 Å². The molecule has 1 N–H and O–H groups in total. The number of carbonyl (C=O) groups is 1. The average Bonchev–Trinajstić information content (AvgIpc) is 2.15. The minimum Gasteiger partial charge on any atom is -0.481 e. The van der Waals surface area contributed by atoms with E-state index in [4.69, 9.17) is 5.11 Å². The first kappa shape index (κ1) is 13.4. The zero-order valence-electron chi connectivity index (χ0n) is 8.63. The van der Waals surface area contributed by atoms with Gasteiger partial charge in [0.15, 0.2) is 0 Å². The number of carboxylic acid groups (broad SMARTS) is 1. The molecule has 0 radical (unpaired) electrons. The molecular weight excluding hydrogens is 198 g/mol. The summed E-state index contributed by atoms with van der Waals surface area (Å²) in [5, 5.41) is 18.9. The van der Waals surface area contributed by atoms with Gasteiger partial charge < -0.3 is 5.11 Å². The van der Waals surface area contributed by atoms with Crippen molar-refractivity contribution in [2.45, 2.75) is 32.2 Å². The Bertz CT molecular complexity index is 271. The second kappa shape index (κ2) is 7.73. The summed E-state index contributed by atoms with van der Waals surface area (Å²) >= 11 is 0. The molecule has 0 rings (SSSR count). The molecule has 1 unspecified atom stereocenters. The van der Waals surface area contributed by atoms with Crippen LogP contribution in [0.15, 0.2) is 24.3 Å². The van der Waals surface area contributed by atoms with Crippen LogP contribution in [0.1, 0.15) is 26.2 Å². The maximum atomic E-state index is 10.5. The molecule has 0 fully saturated rings. The number of hydrogen-bond acceptors (Lipinski definition) is 3. The predicted octanol–water partition coefficient (Wildman–Crippen LogP) is 2.02. The Labute approximate surface area is 88.3 Å². The first-order chi connectivity index (χ1) is 7.07. The molecule has 0 aromatic heterocycles. The number of rotatable bonds is 7. The quantitative estimate of drug-likeness (QED) is 0.398. The number of hydrogen-bond donors (Lipinski definition) is 1. The molecule has 5 heteroatoms. The van der Waals surface area contributed by atoms with Crippen LogP contribution >= 0.6 is 0 Å². The standard InChI is InChI=1S/C10H15NO4/c1-2-3-4-5-6-9(11(14)15)7-8-10(12)13/h3-6,9H,2,7-8H2,1H3,(H,12,13)/b4-3-,6-5+. The third-order valence-corrected chi connectivity index (χ3v) is 1.74. The highest BCUT2D eigenvalue weighted by Gasteiger charge is 2.16. The van der Waals surface area contributed by atoms with Crippen molar-refractivity contribution in [3.63, 3.8) is 0 Å². The Morgan fingerprint density at radius 3 is 2.67 bits per heavy atom. The molecule has 0 amide bonds. The fourth-order valence-electron chi connectivity index (χ4n) is 0.950. The third-order valence-electron chi connectivity index (χ3n) is 1.74. The van der Waals surface area contributed by atoms with E-state index in [1.54, 1.807) is 12.2 Å². The fourth-order valence-corrected chi connectivity index (χ4v) is 0.950. The maximum absolute atomic E-state index is 10.5. The lowest BCUT2D eigenvalue weighted by Crippen LogP contribution is -2.17. The predicted molar refractivity (Wildman–Crippen MR) is 56.2 cm³/mol. The van der Waals surface area contributed by atoms with Crippen molar-refractivity contribution in [1.82, 2.24) is 0 Å². The molecule has 0 bridgehead atoms. The fraction of sp³-hybridized carbons (Fsp3) is 0.500. The number of nitro groups is 1. The first-order valence-electron chi connectivity index (χ1n) is 4.76. The van der Waals surface area contributed by atoms with Gasteiger partial charge in [0, 0.05) is 11.3 Å². The molecule has 84 valence electrons. The Morgan fingerprint density at radius 2 is 2.20 bits per heavy atom. The van der Waals surface area contributed by atoms with Gasteiger partial charge >= 0.3 is 5.97 Å². The molecule has 0 spiro atoms. The molecule has 0 aromatic rings. The van der Waals surface area contributed by atoms with Gasteiger partial charge in [-0.15, -0.1) is 0 Å². The van der Waals surface area contributed by atoms with Crippen molar-refractivity contribution in [2.24, 2.45) is 0 Å². The van der Waals surface area contributed by atoms with Crippen molar-refractivity contribution < 1.29 is 14.8 Å². The summed E-state index contributed by atoms with van der Waals surface area (Å²) in [6, 6.07) is -0.914. The minimum absolute atomic E-state index is 0.0266. The van der Waals surface area contributed by atoms with Gasteiger partial charge in [-0.25, -0.2) is 0 Å². The Kier molecular flexibility index (Phi) is 6.88. The summed E-state index contributed by atoms with van der Waals surface area (Å²) in [4.78, 5) is 20.3. The van der Waals surface area contributed by atoms with Crippen LogP contribution < -0.4 is 0 Å². The largest absolute Gasteiger partial charge is 0.481 e. The second-order valence-electron chi connectivity index (χ2n) is 3.01. The summed E-state index contributed by atoms with van der Waals surface area (Å²) in [5.41, 5.74) is 0. The van der Waals surface area contributed by atoms with Crippen LogP contribution in [0.5, 0.6) is 0 Å². The summed E-state index contributed by atoms with van der Waals surface area (Å²) < 4.78 is 0. The Balaban J connectivity index is 4.15. The summed E-state index contributed by atoms with van der Waals surface area (Å²) in [6.07, 6.45) is 7.28. The van der Waals surface area contributed by atoms with Crippen LogP contribution in [-0.2, 0) is 4.79 Å². The average molecular weight is 213 g/mol. The van der Waals surface area contributed by atoms with E-state index in [0.717, 1.165) is 6.42 Å². The van der Waals surface area contributed by atoms with Gasteiger partial charge in [0.1, 0.15) is 0 Å². The molecule has 5 nitrogen and oxygen atoms in total. The van der Waals surface area contributed by atoms with Crippen molar-refractivity contribution in [3.05, 3.63) is 34.4 Å². The van der Waals surface area contributed by atoms with E-state index in [9.17, 15) is 14.9 Å². The SMILES string of the molecule is CC/C=C\C=C\C(CCC(=O)O)[N+](=O)[O-]. The normalized spacial score (nSPS) is 13.4. The lowest BCUT2D eigenvalue weighted by Gasteiger charge is -2.01. The molecular formula is C10H15NO4. The lowest BCUT2D eigenvalue weighted by molar-refractivity contribution is -0.510. The molecule has 0 heterocycles. The van der Waals surface area contributed by atoms with E-state index in [1.165, 1.54) is 6.08 Å². The highest BCUT2D eigenvalue weighted by molar-refractivity contribution is 5.66. The van der Waals surface area contributed by atoms with Crippen molar-refractivity contribution in [3.8, 4) is 0 Å². The zero-order chi connectivity index (χ0) is 11.7. The smallest absolute Gasteiger partial charge is 0.303 e. The summed E-state index contributed by atoms with van der Waals surface area (Å²) in [5.74, 6) is -1.01. The molecule has 15 heavy (non-hydrogen) atoms. The highest BCUT2D eigenvalue weighted by atomic mass is 16.6. The highest BCUT2D eigenvalue weighted by Crippen LogP contribution is 2.03. The molecule has 0 aliphatic carbocycles. The molecule has 0 aromatic carbocycles. The molecule has 0 saturated carbocycles. The Morgan fingerprint density at radius 1 is 1.53 bits per heavy atom. The van der Waals surface area contributed by atoms with Crippen LogP contribution in [0, 0.1) is 10.1 Å². The lowest BCUT2D eigenvalue weighted by atomic mass is 10.1. The van der Waals surface area contributed by atoms with Crippen molar-refractivity contribution in [1.29, 1.82) is 0 Å². The van der Waals surface area contributed by atoms with Gasteiger partial charge in [-0.3, -0.25) is 14.9 Å². The third kappa shape index (κ3) is 7.42. The van der Waals surface area contributed by atoms with Gasteiger partial charge in [0.25, 0.3) is 0 Å². The monoisotopic (exact) mass is 213 g/mol. The summed E-state index contributed by atoms with van der Waals surface area (Å²) in [7, 11) is 0. The number of nitrogens with zero attached hydrogens (tertiary/aromatic N) is 1. The van der Waals surface area contributed by atoms with E-state index < -0.39 is 16.9 Å². The van der Waals surface area contributed by atoms with E-state index in [1.807, 2.05) is 13.0 Å². The Hall–Kier alpha value is -1.65. The van der Waals surface area contributed by atoms with E-state index in [2.05, 4.69) is 0 Å². The van der Waals surface area contributed by atoms with Crippen LogP contribution in [0.4, 0.5) is 0 Å². The topological polar surface area (TPSA) is 80.4 Å². The second-order valence-corrected chi connectivity index (χ2v) is 3.01. The van der Waals surface area contributed by atoms with Crippen LogP contribution in [-0.4, -0.2) is 22.0 Å². The van der Waals surface area contributed by atoms with E-state index in [-0.39, 0.29) is 12.8 Å². The minimum atomic E-state index is -1.01. The van der Waals surface area contributed by atoms with Gasteiger partial charge in [0.05, 0.1) is 6.42 Å². The van der Waals surface area contributed by atoms with Crippen LogP contribution in [0.2, 0.25) is 0 Å². The zero-order valence-corrected chi connectivity index (χ0v) is 8.63. The van der Waals surface area contributed by atoms with Gasteiger partial charge in [-0.05, 0) is 12.5 Å². The molecule has 1 atom stereocenters. The van der Waals surface area contributed by atoms with E-state index in [0.29, 0.717) is 0 Å². The molecule has 0 saturated heterocycles. The van der Waals surface area contributed by atoms with Gasteiger partial charge in [-0.2, -0.15) is 0 Å². The van der Waals surface area contributed by atoms with Crippen molar-refractivity contribution >= 4 is 5.97 Å². The number of carboxylic acids is 1. The summed E-state index contributed by atoms with van der Waals surface area (Å²) in [6.45, 7) is 1.96.